The number of allylic oxidation sites excluding steroid dienone is 1. The zero-order valence-corrected chi connectivity index (χ0v) is 18.5. The first-order valence-corrected chi connectivity index (χ1v) is 10.8. The molecule has 0 aliphatic carbocycles. The second-order valence-corrected chi connectivity index (χ2v) is 7.91. The van der Waals surface area contributed by atoms with Crippen LogP contribution in [0.5, 0.6) is 5.75 Å². The molecule has 162 valence electrons. The van der Waals surface area contributed by atoms with Crippen LogP contribution < -0.4 is 10.1 Å². The second kappa shape index (κ2) is 8.67. The highest BCUT2D eigenvalue weighted by atomic mass is 16.5. The molecule has 1 aromatic heterocycles. The van der Waals surface area contributed by atoms with Gasteiger partial charge in [0, 0.05) is 39.7 Å². The number of carbonyl (C=O) groups excluding carboxylic acids is 1. The van der Waals surface area contributed by atoms with Gasteiger partial charge in [-0.15, -0.1) is 0 Å². The highest BCUT2D eigenvalue weighted by Crippen LogP contribution is 2.37. The summed E-state index contributed by atoms with van der Waals surface area (Å²) < 4.78 is 11.4. The summed E-state index contributed by atoms with van der Waals surface area (Å²) in [4.78, 5) is 12.9. The molecule has 5 aromatic rings. The summed E-state index contributed by atoms with van der Waals surface area (Å²) in [6.45, 7) is 1.91. The number of hydrogen-bond acceptors (Lipinski definition) is 3. The van der Waals surface area contributed by atoms with Crippen molar-refractivity contribution < 1.29 is 13.9 Å². The fraction of sp³-hybridized carbons (Fsp3) is 0.0690. The van der Waals surface area contributed by atoms with E-state index in [0.717, 1.165) is 49.7 Å². The number of nitrogens with one attached hydrogen (secondary N) is 1. The van der Waals surface area contributed by atoms with Crippen LogP contribution in [0.1, 0.15) is 12.5 Å². The lowest BCUT2D eigenvalue weighted by Crippen LogP contribution is -2.09. The van der Waals surface area contributed by atoms with Crippen molar-refractivity contribution in [2.75, 3.05) is 12.4 Å². The fourth-order valence-corrected chi connectivity index (χ4v) is 4.15. The number of rotatable bonds is 5. The van der Waals surface area contributed by atoms with Crippen molar-refractivity contribution in [3.8, 4) is 16.9 Å². The van der Waals surface area contributed by atoms with Crippen molar-refractivity contribution >= 4 is 38.9 Å². The third-order valence-corrected chi connectivity index (χ3v) is 5.80. The lowest BCUT2D eigenvalue weighted by molar-refractivity contribution is -0.111. The van der Waals surface area contributed by atoms with Crippen molar-refractivity contribution in [3.05, 3.63) is 103 Å². The van der Waals surface area contributed by atoms with Gasteiger partial charge in [0.1, 0.15) is 11.3 Å². The molecule has 1 heterocycles. The fourth-order valence-electron chi connectivity index (χ4n) is 4.15. The average molecular weight is 434 g/mol. The minimum atomic E-state index is -0.193. The first-order chi connectivity index (χ1) is 16.1. The number of amides is 1. The van der Waals surface area contributed by atoms with Crippen molar-refractivity contribution in [2.45, 2.75) is 6.92 Å². The summed E-state index contributed by atoms with van der Waals surface area (Å²) in [5.74, 6) is 0.463. The van der Waals surface area contributed by atoms with Gasteiger partial charge in [-0.25, -0.2) is 0 Å². The molecule has 4 nitrogen and oxygen atoms in total. The Hall–Kier alpha value is -4.31. The van der Waals surface area contributed by atoms with E-state index >= 15 is 0 Å². The average Bonchev–Trinajstić information content (AvgIpc) is 3.27. The predicted molar refractivity (Wildman–Crippen MR) is 134 cm³/mol. The molecule has 0 saturated heterocycles. The lowest BCUT2D eigenvalue weighted by Gasteiger charge is -2.11. The van der Waals surface area contributed by atoms with Crippen molar-refractivity contribution in [3.63, 3.8) is 0 Å². The molecule has 4 aromatic carbocycles. The maximum absolute atomic E-state index is 12.9. The van der Waals surface area contributed by atoms with Crippen molar-refractivity contribution in [1.82, 2.24) is 0 Å². The van der Waals surface area contributed by atoms with Crippen LogP contribution in [-0.4, -0.2) is 13.0 Å². The van der Waals surface area contributed by atoms with Crippen LogP contribution in [0.15, 0.2) is 102 Å². The lowest BCUT2D eigenvalue weighted by atomic mass is 9.99. The number of benzene rings is 4. The van der Waals surface area contributed by atoms with Crippen LogP contribution >= 0.6 is 0 Å². The number of methoxy groups -OCH3 is 1. The summed E-state index contributed by atoms with van der Waals surface area (Å²) in [5.41, 5.74) is 5.24. The summed E-state index contributed by atoms with van der Waals surface area (Å²) >= 11 is 0. The van der Waals surface area contributed by atoms with Crippen LogP contribution in [0.3, 0.4) is 0 Å². The monoisotopic (exact) mass is 433 g/mol. The van der Waals surface area contributed by atoms with Gasteiger partial charge in [0.05, 0.1) is 13.4 Å². The molecule has 0 saturated carbocycles. The van der Waals surface area contributed by atoms with Crippen LogP contribution in [0.4, 0.5) is 5.69 Å². The number of carbonyl (C=O) groups is 1. The Balaban J connectivity index is 1.51. The van der Waals surface area contributed by atoms with Gasteiger partial charge in [0.25, 0.3) is 0 Å². The summed E-state index contributed by atoms with van der Waals surface area (Å²) in [6.07, 6.45) is 3.36. The predicted octanol–water partition coefficient (Wildman–Crippen LogP) is 7.30. The number of furan rings is 1. The first kappa shape index (κ1) is 20.6. The minimum Gasteiger partial charge on any atom is -0.496 e. The van der Waals surface area contributed by atoms with Crippen LogP contribution in [-0.2, 0) is 4.79 Å². The van der Waals surface area contributed by atoms with Gasteiger partial charge in [0.15, 0.2) is 0 Å². The number of fused-ring (bicyclic) bond motifs is 2. The molecule has 0 bridgehead atoms. The first-order valence-electron chi connectivity index (χ1n) is 10.8. The largest absolute Gasteiger partial charge is 0.496 e. The van der Waals surface area contributed by atoms with E-state index in [-0.39, 0.29) is 5.91 Å². The highest BCUT2D eigenvalue weighted by molar-refractivity contribution is 6.09. The molecule has 1 N–H and O–H groups in total. The number of hydrogen-bond donors (Lipinski definition) is 1. The second-order valence-electron chi connectivity index (χ2n) is 7.91. The van der Waals surface area contributed by atoms with Crippen molar-refractivity contribution in [1.29, 1.82) is 0 Å². The van der Waals surface area contributed by atoms with E-state index in [9.17, 15) is 4.79 Å². The smallest absolute Gasteiger partial charge is 0.248 e. The zero-order chi connectivity index (χ0) is 22.8. The van der Waals surface area contributed by atoms with Gasteiger partial charge < -0.3 is 14.5 Å². The molecule has 0 fully saturated rings. The van der Waals surface area contributed by atoms with E-state index in [0.29, 0.717) is 5.75 Å². The Kier molecular flexibility index (Phi) is 5.41. The maximum atomic E-state index is 12.9. The van der Waals surface area contributed by atoms with E-state index < -0.39 is 0 Å². The zero-order valence-electron chi connectivity index (χ0n) is 18.5. The Morgan fingerprint density at radius 1 is 0.909 bits per heavy atom. The van der Waals surface area contributed by atoms with Crippen LogP contribution in [0.25, 0.3) is 38.4 Å². The standard InChI is InChI=1S/C29H23NO3/c1-19(15-29(31)30-26-14-8-12-20-11-6-7-13-22(20)26)23-16-24-25(21-9-4-3-5-10-21)18-33-28(24)17-27(23)32-2/h3-18H,1-2H3,(H,30,31)/b19-15+. The van der Waals surface area contributed by atoms with Crippen LogP contribution in [0, 0.1) is 0 Å². The van der Waals surface area contributed by atoms with Gasteiger partial charge in [-0.1, -0.05) is 66.7 Å². The van der Waals surface area contributed by atoms with Crippen molar-refractivity contribution in [2.24, 2.45) is 0 Å². The topological polar surface area (TPSA) is 51.5 Å². The van der Waals surface area contributed by atoms with E-state index in [1.165, 1.54) is 0 Å². The molecular weight excluding hydrogens is 410 g/mol. The molecule has 4 heteroatoms. The molecule has 0 aliphatic heterocycles. The molecule has 0 unspecified atom stereocenters. The van der Waals surface area contributed by atoms with E-state index in [1.807, 2.05) is 79.7 Å². The van der Waals surface area contributed by atoms with Gasteiger partial charge in [-0.05, 0) is 35.6 Å². The summed E-state index contributed by atoms with van der Waals surface area (Å²) in [6, 6.07) is 27.9. The SMILES string of the molecule is COc1cc2occ(-c3ccccc3)c2cc1/C(C)=C/C(=O)Nc1cccc2ccccc12. The third kappa shape index (κ3) is 3.99. The van der Waals surface area contributed by atoms with Crippen LogP contribution in [0.2, 0.25) is 0 Å². The van der Waals surface area contributed by atoms with E-state index in [1.54, 1.807) is 19.4 Å². The molecular formula is C29H23NO3. The molecule has 0 radical (unpaired) electrons. The maximum Gasteiger partial charge on any atom is 0.248 e. The molecule has 33 heavy (non-hydrogen) atoms. The minimum absolute atomic E-state index is 0.193. The quantitative estimate of drug-likeness (QED) is 0.296. The molecule has 5 rings (SSSR count). The normalized spacial score (nSPS) is 11.6. The van der Waals surface area contributed by atoms with E-state index in [2.05, 4.69) is 17.4 Å². The van der Waals surface area contributed by atoms with Gasteiger partial charge in [-0.3, -0.25) is 4.79 Å². The van der Waals surface area contributed by atoms with E-state index in [4.69, 9.17) is 9.15 Å². The van der Waals surface area contributed by atoms with Gasteiger partial charge in [-0.2, -0.15) is 0 Å². The molecule has 1 amide bonds. The molecule has 0 aliphatic rings. The third-order valence-electron chi connectivity index (χ3n) is 5.80. The Morgan fingerprint density at radius 3 is 2.48 bits per heavy atom. The molecule has 0 spiro atoms. The summed E-state index contributed by atoms with van der Waals surface area (Å²) in [5, 5.41) is 6.07. The number of anilines is 1. The summed E-state index contributed by atoms with van der Waals surface area (Å²) in [7, 11) is 1.62. The van der Waals surface area contributed by atoms with Gasteiger partial charge in [0.2, 0.25) is 5.91 Å². The highest BCUT2D eigenvalue weighted by Gasteiger charge is 2.15. The Bertz CT molecular complexity index is 1490. The molecule has 0 atom stereocenters. The number of ether oxygens (including phenoxy) is 1. The Morgan fingerprint density at radius 2 is 1.67 bits per heavy atom. The Labute approximate surface area is 192 Å². The van der Waals surface area contributed by atoms with Gasteiger partial charge >= 0.3 is 0 Å².